The van der Waals surface area contributed by atoms with Crippen molar-refractivity contribution in [2.45, 2.75) is 6.54 Å². The molecular weight excluding hydrogens is 320 g/mol. The summed E-state index contributed by atoms with van der Waals surface area (Å²) >= 11 is 0. The summed E-state index contributed by atoms with van der Waals surface area (Å²) in [5.41, 5.74) is 14.2. The molecule has 0 unspecified atom stereocenters. The molecule has 0 saturated heterocycles. The van der Waals surface area contributed by atoms with Crippen LogP contribution in [0.25, 0.3) is 21.8 Å². The number of anilines is 2. The lowest BCUT2D eigenvalue weighted by Gasteiger charge is -2.08. The monoisotopic (exact) mass is 334 g/mol. The van der Waals surface area contributed by atoms with Crippen LogP contribution in [0.2, 0.25) is 0 Å². The fraction of sp³-hybridized carbons (Fsp3) is 0.0588. The fourth-order valence-electron chi connectivity index (χ4n) is 3.05. The zero-order chi connectivity index (χ0) is 17.6. The van der Waals surface area contributed by atoms with E-state index in [0.29, 0.717) is 17.9 Å². The summed E-state index contributed by atoms with van der Waals surface area (Å²) in [7, 11) is 0. The quantitative estimate of drug-likeness (QED) is 0.438. The maximum absolute atomic E-state index is 10.9. The maximum atomic E-state index is 10.9. The summed E-state index contributed by atoms with van der Waals surface area (Å²) in [4.78, 5) is 18.8. The van der Waals surface area contributed by atoms with E-state index in [4.69, 9.17) is 11.5 Å². The van der Waals surface area contributed by atoms with Crippen LogP contribution in [0.1, 0.15) is 5.56 Å². The van der Waals surface area contributed by atoms with E-state index in [9.17, 15) is 10.1 Å². The highest BCUT2D eigenvalue weighted by Crippen LogP contribution is 2.29. The molecule has 0 atom stereocenters. The number of hydrogen-bond acceptors (Lipinski definition) is 6. The number of nitrogen functional groups attached to an aromatic ring is 2. The van der Waals surface area contributed by atoms with Crippen molar-refractivity contribution in [1.29, 1.82) is 0 Å². The Bertz CT molecular complexity index is 1130. The standard InChI is InChI=1S/C17H14N6O2/c18-16-15-12-6-7-22(9-10-2-1-3-11(8-10)23(24)25)14(12)5-4-13(15)20-17(19)21-16/h1-8H,9H2,(H4,18,19,20,21). The third kappa shape index (κ3) is 2.49. The molecule has 8 heteroatoms. The number of hydrogen-bond donors (Lipinski definition) is 2. The molecule has 0 radical (unpaired) electrons. The molecule has 0 spiro atoms. The van der Waals surface area contributed by atoms with E-state index >= 15 is 0 Å². The first kappa shape index (κ1) is 14.9. The number of benzene rings is 2. The smallest absolute Gasteiger partial charge is 0.269 e. The summed E-state index contributed by atoms with van der Waals surface area (Å²) in [6.45, 7) is 0.506. The average Bonchev–Trinajstić information content (AvgIpc) is 2.97. The van der Waals surface area contributed by atoms with Gasteiger partial charge in [0.1, 0.15) is 5.82 Å². The highest BCUT2D eigenvalue weighted by atomic mass is 16.6. The van der Waals surface area contributed by atoms with Crippen molar-refractivity contribution in [3.63, 3.8) is 0 Å². The largest absolute Gasteiger partial charge is 0.383 e. The van der Waals surface area contributed by atoms with Gasteiger partial charge in [0, 0.05) is 35.8 Å². The van der Waals surface area contributed by atoms with Gasteiger partial charge in [-0.2, -0.15) is 4.98 Å². The van der Waals surface area contributed by atoms with Crippen LogP contribution < -0.4 is 11.5 Å². The molecule has 2 heterocycles. The van der Waals surface area contributed by atoms with Crippen LogP contribution in [0.4, 0.5) is 17.5 Å². The van der Waals surface area contributed by atoms with Gasteiger partial charge in [0.05, 0.1) is 15.8 Å². The summed E-state index contributed by atoms with van der Waals surface area (Å²) in [6, 6.07) is 12.3. The van der Waals surface area contributed by atoms with Crippen molar-refractivity contribution in [1.82, 2.24) is 14.5 Å². The minimum Gasteiger partial charge on any atom is -0.383 e. The average molecular weight is 334 g/mol. The predicted molar refractivity (Wildman–Crippen MR) is 96.1 cm³/mol. The Morgan fingerprint density at radius 3 is 2.76 bits per heavy atom. The molecule has 0 amide bonds. The van der Waals surface area contributed by atoms with E-state index in [-0.39, 0.29) is 11.6 Å². The van der Waals surface area contributed by atoms with Gasteiger partial charge < -0.3 is 16.0 Å². The van der Waals surface area contributed by atoms with Crippen LogP contribution in [0.5, 0.6) is 0 Å². The normalized spacial score (nSPS) is 11.2. The number of non-ortho nitro benzene ring substituents is 1. The Labute approximate surface area is 141 Å². The topological polar surface area (TPSA) is 126 Å². The molecule has 0 saturated carbocycles. The van der Waals surface area contributed by atoms with Gasteiger partial charge in [-0.25, -0.2) is 4.98 Å². The number of fused-ring (bicyclic) bond motifs is 3. The number of nitrogens with two attached hydrogens (primary N) is 2. The molecule has 25 heavy (non-hydrogen) atoms. The molecule has 8 nitrogen and oxygen atoms in total. The van der Waals surface area contributed by atoms with Crippen molar-refractivity contribution >= 4 is 39.3 Å². The molecule has 0 fully saturated rings. The molecule has 0 bridgehead atoms. The van der Waals surface area contributed by atoms with Gasteiger partial charge >= 0.3 is 0 Å². The minimum atomic E-state index is -0.396. The molecule has 4 rings (SSSR count). The van der Waals surface area contributed by atoms with Crippen molar-refractivity contribution < 1.29 is 4.92 Å². The van der Waals surface area contributed by atoms with Crippen LogP contribution in [0.3, 0.4) is 0 Å². The lowest BCUT2D eigenvalue weighted by Crippen LogP contribution is -2.01. The van der Waals surface area contributed by atoms with Crippen molar-refractivity contribution in [3.8, 4) is 0 Å². The molecule has 2 aromatic carbocycles. The van der Waals surface area contributed by atoms with Crippen LogP contribution >= 0.6 is 0 Å². The van der Waals surface area contributed by atoms with Crippen LogP contribution in [-0.4, -0.2) is 19.5 Å². The second-order valence-electron chi connectivity index (χ2n) is 5.73. The minimum absolute atomic E-state index is 0.0764. The highest BCUT2D eigenvalue weighted by Gasteiger charge is 2.12. The highest BCUT2D eigenvalue weighted by molar-refractivity contribution is 6.10. The Morgan fingerprint density at radius 2 is 1.96 bits per heavy atom. The van der Waals surface area contributed by atoms with E-state index in [0.717, 1.165) is 21.9 Å². The predicted octanol–water partition coefficient (Wildman–Crippen LogP) is 2.71. The molecular formula is C17H14N6O2. The Balaban J connectivity index is 1.83. The molecule has 4 aromatic rings. The maximum Gasteiger partial charge on any atom is 0.269 e. The second-order valence-corrected chi connectivity index (χ2v) is 5.73. The lowest BCUT2D eigenvalue weighted by molar-refractivity contribution is -0.384. The van der Waals surface area contributed by atoms with Gasteiger partial charge in [-0.1, -0.05) is 12.1 Å². The molecule has 0 aliphatic heterocycles. The van der Waals surface area contributed by atoms with E-state index in [1.54, 1.807) is 12.1 Å². The van der Waals surface area contributed by atoms with Crippen LogP contribution in [-0.2, 0) is 6.54 Å². The third-order valence-corrected chi connectivity index (χ3v) is 4.13. The van der Waals surface area contributed by atoms with Crippen LogP contribution in [0, 0.1) is 10.1 Å². The zero-order valence-electron chi connectivity index (χ0n) is 13.1. The number of nitrogens with zero attached hydrogens (tertiary/aromatic N) is 4. The third-order valence-electron chi connectivity index (χ3n) is 4.13. The Hall–Kier alpha value is -3.68. The van der Waals surface area contributed by atoms with Crippen molar-refractivity contribution in [2.24, 2.45) is 0 Å². The van der Waals surface area contributed by atoms with Gasteiger partial charge in [0.15, 0.2) is 0 Å². The van der Waals surface area contributed by atoms with Gasteiger partial charge in [-0.05, 0) is 23.8 Å². The van der Waals surface area contributed by atoms with Crippen molar-refractivity contribution in [3.05, 3.63) is 64.3 Å². The number of nitro groups is 1. The molecule has 2 aromatic heterocycles. The molecule has 0 aliphatic rings. The Kier molecular flexibility index (Phi) is 3.24. The summed E-state index contributed by atoms with van der Waals surface area (Å²) in [5.74, 6) is 0.474. The number of rotatable bonds is 3. The second kappa shape index (κ2) is 5.45. The summed E-state index contributed by atoms with van der Waals surface area (Å²) in [6.07, 6.45) is 1.92. The SMILES string of the molecule is Nc1nc(N)c2c(ccc3c2ccn3Cc2cccc([N+](=O)[O-])c2)n1. The Morgan fingerprint density at radius 1 is 1.12 bits per heavy atom. The zero-order valence-corrected chi connectivity index (χ0v) is 13.1. The number of aromatic nitrogens is 3. The van der Waals surface area contributed by atoms with E-state index in [1.165, 1.54) is 6.07 Å². The number of nitro benzene ring substituents is 1. The summed E-state index contributed by atoms with van der Waals surface area (Å²) < 4.78 is 2.00. The van der Waals surface area contributed by atoms with E-state index in [2.05, 4.69) is 9.97 Å². The molecule has 0 aliphatic carbocycles. The summed E-state index contributed by atoms with van der Waals surface area (Å²) in [5, 5.41) is 12.6. The first-order valence-electron chi connectivity index (χ1n) is 7.57. The fourth-order valence-corrected chi connectivity index (χ4v) is 3.05. The van der Waals surface area contributed by atoms with Gasteiger partial charge in [-0.3, -0.25) is 10.1 Å². The van der Waals surface area contributed by atoms with Crippen LogP contribution in [0.15, 0.2) is 48.7 Å². The van der Waals surface area contributed by atoms with Gasteiger partial charge in [0.2, 0.25) is 5.95 Å². The molecule has 4 N–H and O–H groups in total. The first-order chi connectivity index (χ1) is 12.0. The van der Waals surface area contributed by atoms with E-state index < -0.39 is 4.92 Å². The lowest BCUT2D eigenvalue weighted by atomic mass is 10.1. The van der Waals surface area contributed by atoms with Gasteiger partial charge in [0.25, 0.3) is 5.69 Å². The first-order valence-corrected chi connectivity index (χ1v) is 7.57. The van der Waals surface area contributed by atoms with E-state index in [1.807, 2.05) is 35.0 Å². The van der Waals surface area contributed by atoms with Crippen molar-refractivity contribution in [2.75, 3.05) is 11.5 Å². The van der Waals surface area contributed by atoms with Gasteiger partial charge in [-0.15, -0.1) is 0 Å². The molecule has 124 valence electrons.